The van der Waals surface area contributed by atoms with Crippen LogP contribution in [0.25, 0.3) is 0 Å². The van der Waals surface area contributed by atoms with Crippen LogP contribution in [0.3, 0.4) is 0 Å². The van der Waals surface area contributed by atoms with Crippen LogP contribution in [0, 0.1) is 0 Å². The number of hydrogen-bond acceptors (Lipinski definition) is 6. The molecular formula is C44H78O6. The number of aliphatic hydroxyl groups excluding tert-OH is 2. The molecule has 0 spiro atoms. The standard InChI is InChI=1S/C44H78O6/c1-3-5-7-9-11-12-13-14-15-16-17-18-19-20-21-25-29-33-37-43(47)49-39-42(46)40-50-44(48)38-34-30-26-23-22-24-28-32-36-41(45)35-31-27-10-8-6-4-2/h23-24,26-28,31-32,36,41-42,45-46H,3-22,25,29-30,33-35,37-40H2,1-2H3/b26-23-,28-24-,31-27-,36-32+/t41-,42-/m1/s1. The Morgan fingerprint density at radius 1 is 0.500 bits per heavy atom. The van der Waals surface area contributed by atoms with Crippen LogP contribution in [0.5, 0.6) is 0 Å². The molecule has 0 aliphatic heterocycles. The third kappa shape index (κ3) is 38.6. The first-order valence-electron chi connectivity index (χ1n) is 20.8. The molecule has 0 aromatic heterocycles. The maximum absolute atomic E-state index is 12.0. The molecule has 0 aromatic carbocycles. The highest BCUT2D eigenvalue weighted by Gasteiger charge is 2.12. The highest BCUT2D eigenvalue weighted by molar-refractivity contribution is 5.69. The van der Waals surface area contributed by atoms with Gasteiger partial charge in [0.1, 0.15) is 19.3 Å². The van der Waals surface area contributed by atoms with E-state index in [0.717, 1.165) is 38.5 Å². The van der Waals surface area contributed by atoms with Crippen LogP contribution in [0.15, 0.2) is 48.6 Å². The maximum atomic E-state index is 12.0. The summed E-state index contributed by atoms with van der Waals surface area (Å²) in [7, 11) is 0. The van der Waals surface area contributed by atoms with Crippen molar-refractivity contribution in [1.82, 2.24) is 0 Å². The zero-order valence-electron chi connectivity index (χ0n) is 32.5. The number of hydrogen-bond donors (Lipinski definition) is 2. The molecule has 0 amide bonds. The topological polar surface area (TPSA) is 93.1 Å². The summed E-state index contributed by atoms with van der Waals surface area (Å²) in [6.07, 6.45) is 46.3. The second-order valence-electron chi connectivity index (χ2n) is 14.0. The van der Waals surface area contributed by atoms with Crippen LogP contribution >= 0.6 is 0 Å². The lowest BCUT2D eigenvalue weighted by atomic mass is 10.0. The average Bonchev–Trinajstić information content (AvgIpc) is 3.11. The van der Waals surface area contributed by atoms with Gasteiger partial charge in [0.05, 0.1) is 6.10 Å². The number of carbonyl (C=O) groups is 2. The molecule has 6 nitrogen and oxygen atoms in total. The SMILES string of the molecule is CCCCC/C=C\C[C@@H](O)/C=C/C=C\C/C=C\CCCC(=O)OC[C@H](O)COC(=O)CCCCCCCCCCCCCCCCCCCC. The van der Waals surface area contributed by atoms with E-state index in [1.54, 1.807) is 6.08 Å². The van der Waals surface area contributed by atoms with Gasteiger partial charge in [0.15, 0.2) is 0 Å². The first-order chi connectivity index (χ1) is 24.5. The number of allylic oxidation sites excluding steroid dienone is 6. The molecule has 0 fully saturated rings. The number of aliphatic hydroxyl groups is 2. The molecule has 0 aliphatic carbocycles. The Labute approximate surface area is 308 Å². The maximum Gasteiger partial charge on any atom is 0.305 e. The summed E-state index contributed by atoms with van der Waals surface area (Å²) < 4.78 is 10.3. The van der Waals surface area contributed by atoms with E-state index < -0.39 is 12.2 Å². The summed E-state index contributed by atoms with van der Waals surface area (Å²) in [5, 5.41) is 20.0. The highest BCUT2D eigenvalue weighted by Crippen LogP contribution is 2.15. The first kappa shape index (κ1) is 47.8. The molecule has 6 heteroatoms. The van der Waals surface area contributed by atoms with Crippen LogP contribution in [0.2, 0.25) is 0 Å². The zero-order chi connectivity index (χ0) is 36.6. The minimum Gasteiger partial charge on any atom is -0.463 e. The monoisotopic (exact) mass is 703 g/mol. The van der Waals surface area contributed by atoms with E-state index in [4.69, 9.17) is 9.47 Å². The summed E-state index contributed by atoms with van der Waals surface area (Å²) >= 11 is 0. The fourth-order valence-electron chi connectivity index (χ4n) is 5.69. The molecule has 0 aromatic rings. The van der Waals surface area contributed by atoms with Crippen LogP contribution < -0.4 is 0 Å². The van der Waals surface area contributed by atoms with Gasteiger partial charge in [-0.2, -0.15) is 0 Å². The molecular weight excluding hydrogens is 624 g/mol. The molecule has 0 aliphatic rings. The average molecular weight is 703 g/mol. The van der Waals surface area contributed by atoms with Gasteiger partial charge >= 0.3 is 11.9 Å². The number of unbranched alkanes of at least 4 members (excludes halogenated alkanes) is 21. The lowest BCUT2D eigenvalue weighted by Gasteiger charge is -2.12. The van der Waals surface area contributed by atoms with Crippen molar-refractivity contribution < 1.29 is 29.3 Å². The van der Waals surface area contributed by atoms with Crippen molar-refractivity contribution in [3.63, 3.8) is 0 Å². The Bertz CT molecular complexity index is 861. The minimum atomic E-state index is -1.00. The van der Waals surface area contributed by atoms with E-state index in [0.29, 0.717) is 19.3 Å². The Kier molecular flexibility index (Phi) is 37.9. The van der Waals surface area contributed by atoms with Crippen LogP contribution in [-0.4, -0.2) is 47.6 Å². The van der Waals surface area contributed by atoms with Crippen molar-refractivity contribution in [2.24, 2.45) is 0 Å². The van der Waals surface area contributed by atoms with E-state index in [1.807, 2.05) is 30.4 Å². The minimum absolute atomic E-state index is 0.147. The summed E-state index contributed by atoms with van der Waals surface area (Å²) in [5.74, 6) is -0.662. The molecule has 2 atom stereocenters. The van der Waals surface area contributed by atoms with Gasteiger partial charge in [-0.1, -0.05) is 184 Å². The summed E-state index contributed by atoms with van der Waals surface area (Å²) in [4.78, 5) is 23.9. The summed E-state index contributed by atoms with van der Waals surface area (Å²) in [6, 6.07) is 0. The van der Waals surface area contributed by atoms with E-state index in [9.17, 15) is 19.8 Å². The quantitative estimate of drug-likeness (QED) is 0.0290. The fraction of sp³-hybridized carbons (Fsp3) is 0.773. The Morgan fingerprint density at radius 3 is 1.48 bits per heavy atom. The third-order valence-electron chi connectivity index (χ3n) is 8.90. The number of rotatable bonds is 37. The van der Waals surface area contributed by atoms with E-state index in [2.05, 4.69) is 26.0 Å². The van der Waals surface area contributed by atoms with Gasteiger partial charge in [0, 0.05) is 12.8 Å². The summed E-state index contributed by atoms with van der Waals surface area (Å²) in [5.41, 5.74) is 0. The molecule has 0 radical (unpaired) electrons. The van der Waals surface area contributed by atoms with Crippen LogP contribution in [0.4, 0.5) is 0 Å². The molecule has 0 saturated heterocycles. The molecule has 0 unspecified atom stereocenters. The van der Waals surface area contributed by atoms with Crippen molar-refractivity contribution >= 4 is 11.9 Å². The first-order valence-corrected chi connectivity index (χ1v) is 20.8. The van der Waals surface area contributed by atoms with Crippen LogP contribution in [-0.2, 0) is 19.1 Å². The zero-order valence-corrected chi connectivity index (χ0v) is 32.5. The molecule has 2 N–H and O–H groups in total. The van der Waals surface area contributed by atoms with Crippen molar-refractivity contribution in [1.29, 1.82) is 0 Å². The van der Waals surface area contributed by atoms with Crippen molar-refractivity contribution in [2.75, 3.05) is 13.2 Å². The Morgan fingerprint density at radius 2 is 0.940 bits per heavy atom. The second-order valence-corrected chi connectivity index (χ2v) is 14.0. The molecule has 0 bridgehead atoms. The Hall–Kier alpha value is -2.18. The van der Waals surface area contributed by atoms with Gasteiger partial charge in [-0.3, -0.25) is 9.59 Å². The smallest absolute Gasteiger partial charge is 0.305 e. The van der Waals surface area contributed by atoms with Crippen molar-refractivity contribution in [3.8, 4) is 0 Å². The van der Waals surface area contributed by atoms with Gasteiger partial charge < -0.3 is 19.7 Å². The largest absolute Gasteiger partial charge is 0.463 e. The van der Waals surface area contributed by atoms with Crippen molar-refractivity contribution in [3.05, 3.63) is 48.6 Å². The van der Waals surface area contributed by atoms with Gasteiger partial charge in [0.2, 0.25) is 0 Å². The Balaban J connectivity index is 3.56. The van der Waals surface area contributed by atoms with Gasteiger partial charge in [-0.25, -0.2) is 0 Å². The molecule has 290 valence electrons. The highest BCUT2D eigenvalue weighted by atomic mass is 16.6. The number of carbonyl (C=O) groups excluding carboxylic acids is 2. The molecule has 0 heterocycles. The molecule has 50 heavy (non-hydrogen) atoms. The number of esters is 2. The lowest BCUT2D eigenvalue weighted by Crippen LogP contribution is -2.25. The van der Waals surface area contributed by atoms with E-state index >= 15 is 0 Å². The fourth-order valence-corrected chi connectivity index (χ4v) is 5.69. The molecule has 0 rings (SSSR count). The van der Waals surface area contributed by atoms with Crippen molar-refractivity contribution in [2.45, 2.75) is 206 Å². The predicted octanol–water partition coefficient (Wildman–Crippen LogP) is 12.0. The lowest BCUT2D eigenvalue weighted by molar-refractivity contribution is -0.152. The normalized spacial score (nSPS) is 13.3. The van der Waals surface area contributed by atoms with Gasteiger partial charge in [-0.05, 0) is 44.9 Å². The van der Waals surface area contributed by atoms with Crippen LogP contribution in [0.1, 0.15) is 194 Å². The second kappa shape index (κ2) is 39.6. The third-order valence-corrected chi connectivity index (χ3v) is 8.90. The number of ether oxygens (including phenoxy) is 2. The predicted molar refractivity (Wildman–Crippen MR) is 211 cm³/mol. The van der Waals surface area contributed by atoms with E-state index in [-0.39, 0.29) is 31.6 Å². The van der Waals surface area contributed by atoms with Gasteiger partial charge in [0.25, 0.3) is 0 Å². The summed E-state index contributed by atoms with van der Waals surface area (Å²) in [6.45, 7) is 4.16. The van der Waals surface area contributed by atoms with Gasteiger partial charge in [-0.15, -0.1) is 0 Å². The molecule has 0 saturated carbocycles. The van der Waals surface area contributed by atoms with E-state index in [1.165, 1.54) is 116 Å².